The summed E-state index contributed by atoms with van der Waals surface area (Å²) in [4.78, 5) is 4.34. The summed E-state index contributed by atoms with van der Waals surface area (Å²) in [6.07, 6.45) is 1.72. The topological polar surface area (TPSA) is 127 Å². The summed E-state index contributed by atoms with van der Waals surface area (Å²) in [6.45, 7) is 3.33. The summed E-state index contributed by atoms with van der Waals surface area (Å²) in [7, 11) is -3.67. The van der Waals surface area contributed by atoms with Crippen molar-refractivity contribution < 1.29 is 17.9 Å². The molecular formula is C20H22N6O4S. The first-order valence-corrected chi connectivity index (χ1v) is 11.1. The van der Waals surface area contributed by atoms with E-state index in [9.17, 15) is 8.42 Å². The lowest BCUT2D eigenvalue weighted by Crippen LogP contribution is -2.29. The van der Waals surface area contributed by atoms with Crippen molar-refractivity contribution in [2.75, 3.05) is 36.9 Å². The van der Waals surface area contributed by atoms with Gasteiger partial charge in [0, 0.05) is 25.4 Å². The van der Waals surface area contributed by atoms with Gasteiger partial charge >= 0.3 is 0 Å². The summed E-state index contributed by atoms with van der Waals surface area (Å²) in [5.41, 5.74) is 1.09. The van der Waals surface area contributed by atoms with Crippen molar-refractivity contribution in [3.63, 3.8) is 0 Å². The molecule has 162 valence electrons. The average molecular weight is 443 g/mol. The number of hydrogen-bond acceptors (Lipinski definition) is 9. The maximum atomic E-state index is 12.5. The van der Waals surface area contributed by atoms with Crippen LogP contribution in [0, 0.1) is 6.92 Å². The molecule has 31 heavy (non-hydrogen) atoms. The van der Waals surface area contributed by atoms with Gasteiger partial charge in [0.05, 0.1) is 4.90 Å². The highest BCUT2D eigenvalue weighted by molar-refractivity contribution is 7.89. The average Bonchev–Trinajstić information content (AvgIpc) is 2.77. The summed E-state index contributed by atoms with van der Waals surface area (Å²) < 4.78 is 38.4. The number of ether oxygens (including phenoxy) is 2. The lowest BCUT2D eigenvalue weighted by atomic mass is 10.3. The van der Waals surface area contributed by atoms with E-state index in [1.165, 1.54) is 12.1 Å². The first kappa shape index (κ1) is 20.8. The maximum Gasteiger partial charge on any atom is 0.240 e. The lowest BCUT2D eigenvalue weighted by molar-refractivity contribution is 0.171. The number of rotatable bonds is 8. The van der Waals surface area contributed by atoms with Crippen molar-refractivity contribution in [1.82, 2.24) is 19.9 Å². The Morgan fingerprint density at radius 3 is 2.45 bits per heavy atom. The minimum Gasteiger partial charge on any atom is -0.486 e. The molecule has 0 saturated heterocycles. The van der Waals surface area contributed by atoms with Gasteiger partial charge in [0.1, 0.15) is 24.8 Å². The number of hydrogen-bond donors (Lipinski definition) is 3. The standard InChI is InChI=1S/C20H22N6O4S/c1-14-6-7-21-20(12-14)24-19-5-4-18(25-26-19)22-8-9-23-31(27,28)15-2-3-16-17(13-15)30-11-10-29-16/h2-7,12-13,23H,8-11H2,1H3,(H,22,25)(H,21,24,26). The van der Waals surface area contributed by atoms with Crippen molar-refractivity contribution in [1.29, 1.82) is 0 Å². The zero-order valence-electron chi connectivity index (χ0n) is 16.8. The number of fused-ring (bicyclic) bond motifs is 1. The second-order valence-corrected chi connectivity index (χ2v) is 8.54. The van der Waals surface area contributed by atoms with E-state index in [0.717, 1.165) is 5.56 Å². The summed E-state index contributed by atoms with van der Waals surface area (Å²) in [6, 6.07) is 11.9. The number of pyridine rings is 1. The van der Waals surface area contributed by atoms with Crippen LogP contribution in [0.4, 0.5) is 17.5 Å². The molecule has 0 bridgehead atoms. The van der Waals surface area contributed by atoms with Gasteiger partial charge in [0.25, 0.3) is 0 Å². The zero-order chi connectivity index (χ0) is 21.7. The Labute approximate surface area is 180 Å². The molecule has 0 saturated carbocycles. The van der Waals surface area contributed by atoms with Crippen molar-refractivity contribution >= 4 is 27.5 Å². The van der Waals surface area contributed by atoms with Crippen molar-refractivity contribution in [3.8, 4) is 11.5 Å². The molecule has 4 rings (SSSR count). The molecule has 0 aliphatic carbocycles. The number of sulfonamides is 1. The first-order valence-electron chi connectivity index (χ1n) is 9.66. The molecule has 3 heterocycles. The van der Waals surface area contributed by atoms with Crippen LogP contribution < -0.4 is 24.8 Å². The highest BCUT2D eigenvalue weighted by Crippen LogP contribution is 2.32. The molecule has 1 aliphatic rings. The van der Waals surface area contributed by atoms with E-state index in [1.807, 2.05) is 19.1 Å². The third-order valence-electron chi connectivity index (χ3n) is 4.38. The number of nitrogens with one attached hydrogen (secondary N) is 3. The Morgan fingerprint density at radius 1 is 0.903 bits per heavy atom. The summed E-state index contributed by atoms with van der Waals surface area (Å²) >= 11 is 0. The molecule has 1 aromatic carbocycles. The van der Waals surface area contributed by atoms with Crippen LogP contribution in [0.25, 0.3) is 0 Å². The van der Waals surface area contributed by atoms with Crippen LogP contribution in [0.3, 0.4) is 0 Å². The van der Waals surface area contributed by atoms with Crippen LogP contribution in [0.15, 0.2) is 53.6 Å². The SMILES string of the molecule is Cc1ccnc(Nc2ccc(NCCNS(=O)(=O)c3ccc4c(c3)OCCO4)nn2)c1. The van der Waals surface area contributed by atoms with Gasteiger partial charge in [0.2, 0.25) is 10.0 Å². The minimum atomic E-state index is -3.67. The van der Waals surface area contributed by atoms with Crippen LogP contribution in [0.2, 0.25) is 0 Å². The monoisotopic (exact) mass is 442 g/mol. The van der Waals surface area contributed by atoms with E-state index in [4.69, 9.17) is 9.47 Å². The van der Waals surface area contributed by atoms with Gasteiger partial charge < -0.3 is 20.1 Å². The Hall–Kier alpha value is -3.44. The molecule has 11 heteroatoms. The van der Waals surface area contributed by atoms with E-state index in [-0.39, 0.29) is 11.4 Å². The molecule has 3 aromatic rings. The Morgan fingerprint density at radius 2 is 1.68 bits per heavy atom. The molecule has 0 radical (unpaired) electrons. The zero-order valence-corrected chi connectivity index (χ0v) is 17.6. The van der Waals surface area contributed by atoms with Crippen molar-refractivity contribution in [2.45, 2.75) is 11.8 Å². The van der Waals surface area contributed by atoms with Gasteiger partial charge in [-0.15, -0.1) is 10.2 Å². The van der Waals surface area contributed by atoms with Gasteiger partial charge in [-0.1, -0.05) is 0 Å². The van der Waals surface area contributed by atoms with Gasteiger partial charge in [0.15, 0.2) is 17.3 Å². The number of aryl methyl sites for hydroxylation is 1. The Bertz CT molecular complexity index is 1150. The third kappa shape index (κ3) is 5.38. The molecule has 0 spiro atoms. The molecule has 3 N–H and O–H groups in total. The Kier molecular flexibility index (Phi) is 6.14. The molecule has 0 atom stereocenters. The van der Waals surface area contributed by atoms with Crippen LogP contribution in [-0.4, -0.2) is 49.9 Å². The molecule has 1 aliphatic heterocycles. The summed E-state index contributed by atoms with van der Waals surface area (Å²) in [5, 5.41) is 14.3. The molecular weight excluding hydrogens is 420 g/mol. The highest BCUT2D eigenvalue weighted by atomic mass is 32.2. The molecule has 0 fully saturated rings. The normalized spacial score (nSPS) is 12.9. The molecule has 2 aromatic heterocycles. The van der Waals surface area contributed by atoms with Crippen LogP contribution in [0.5, 0.6) is 11.5 Å². The van der Waals surface area contributed by atoms with Gasteiger partial charge in [-0.25, -0.2) is 18.1 Å². The maximum absolute atomic E-state index is 12.5. The fraction of sp³-hybridized carbons (Fsp3) is 0.250. The van der Waals surface area contributed by atoms with E-state index < -0.39 is 10.0 Å². The molecule has 10 nitrogen and oxygen atoms in total. The third-order valence-corrected chi connectivity index (χ3v) is 5.84. The fourth-order valence-corrected chi connectivity index (χ4v) is 3.93. The predicted octanol–water partition coefficient (Wildman–Crippen LogP) is 2.09. The van der Waals surface area contributed by atoms with Crippen molar-refractivity contribution in [2.24, 2.45) is 0 Å². The summed E-state index contributed by atoms with van der Waals surface area (Å²) in [5.74, 6) is 2.74. The number of benzene rings is 1. The highest BCUT2D eigenvalue weighted by Gasteiger charge is 2.18. The van der Waals surface area contributed by atoms with Gasteiger partial charge in [-0.05, 0) is 48.9 Å². The van der Waals surface area contributed by atoms with E-state index in [1.54, 1.807) is 24.4 Å². The molecule has 0 amide bonds. The van der Waals surface area contributed by atoms with Crippen LogP contribution in [-0.2, 0) is 10.0 Å². The van der Waals surface area contributed by atoms with E-state index in [2.05, 4.69) is 30.5 Å². The fourth-order valence-electron chi connectivity index (χ4n) is 2.88. The molecule has 0 unspecified atom stereocenters. The largest absolute Gasteiger partial charge is 0.486 e. The second-order valence-electron chi connectivity index (χ2n) is 6.78. The van der Waals surface area contributed by atoms with E-state index in [0.29, 0.717) is 48.7 Å². The van der Waals surface area contributed by atoms with Gasteiger partial charge in [-0.2, -0.15) is 0 Å². The Balaban J connectivity index is 1.27. The number of aromatic nitrogens is 3. The smallest absolute Gasteiger partial charge is 0.240 e. The van der Waals surface area contributed by atoms with Crippen LogP contribution in [0.1, 0.15) is 5.56 Å². The van der Waals surface area contributed by atoms with E-state index >= 15 is 0 Å². The number of nitrogens with zero attached hydrogens (tertiary/aromatic N) is 3. The van der Waals surface area contributed by atoms with Gasteiger partial charge in [-0.3, -0.25) is 0 Å². The lowest BCUT2D eigenvalue weighted by Gasteiger charge is -2.19. The second kappa shape index (κ2) is 9.14. The predicted molar refractivity (Wildman–Crippen MR) is 115 cm³/mol. The minimum absolute atomic E-state index is 0.122. The van der Waals surface area contributed by atoms with Crippen LogP contribution >= 0.6 is 0 Å². The first-order chi connectivity index (χ1) is 15.0. The van der Waals surface area contributed by atoms with Crippen molar-refractivity contribution in [3.05, 3.63) is 54.2 Å². The quantitative estimate of drug-likeness (QED) is 0.449. The number of anilines is 3.